The van der Waals surface area contributed by atoms with Crippen molar-refractivity contribution in [2.24, 2.45) is 0 Å². The maximum atomic E-state index is 12.6. The zero-order chi connectivity index (χ0) is 13.3. The number of rotatable bonds is 3. The van der Waals surface area contributed by atoms with Crippen molar-refractivity contribution in [2.75, 3.05) is 0 Å². The van der Waals surface area contributed by atoms with Gasteiger partial charge in [0.05, 0.1) is 11.5 Å². The number of hydrogen-bond donors (Lipinski definition) is 2. The molecule has 1 aromatic heterocycles. The van der Waals surface area contributed by atoms with Crippen molar-refractivity contribution in [2.45, 2.75) is 56.7 Å². The fraction of sp³-hybridized carbons (Fsp3) is 0.667. The zero-order valence-electron chi connectivity index (χ0n) is 10.8. The number of hydrogen-bond acceptors (Lipinski definition) is 3. The monoisotopic (exact) mass is 272 g/mol. The van der Waals surface area contributed by atoms with Crippen LogP contribution in [0.5, 0.6) is 0 Å². The summed E-state index contributed by atoms with van der Waals surface area (Å²) in [6, 6.07) is 1.57. The van der Waals surface area contributed by atoms with Crippen LogP contribution >= 0.6 is 0 Å². The number of aliphatic hydroxyl groups is 1. The van der Waals surface area contributed by atoms with Crippen LogP contribution in [0, 0.1) is 0 Å². The van der Waals surface area contributed by atoms with Crippen LogP contribution < -0.4 is 0 Å². The summed E-state index contributed by atoms with van der Waals surface area (Å²) in [4.78, 5) is 3.02. The van der Waals surface area contributed by atoms with Gasteiger partial charge in [-0.05, 0) is 32.8 Å². The van der Waals surface area contributed by atoms with Gasteiger partial charge in [-0.25, -0.2) is 8.42 Å². The van der Waals surface area contributed by atoms with Crippen molar-refractivity contribution < 1.29 is 13.5 Å². The Kier molecular flexibility index (Phi) is 3.79. The third-order valence-electron chi connectivity index (χ3n) is 3.57. The molecule has 2 N–H and O–H groups in total. The van der Waals surface area contributed by atoms with Crippen molar-refractivity contribution in [1.29, 1.82) is 0 Å². The van der Waals surface area contributed by atoms with E-state index in [0.29, 0.717) is 5.69 Å². The molecule has 6 heteroatoms. The summed E-state index contributed by atoms with van der Waals surface area (Å²) < 4.78 is 26.7. The minimum absolute atomic E-state index is 0.0335. The highest BCUT2D eigenvalue weighted by Gasteiger charge is 2.35. The van der Waals surface area contributed by atoms with E-state index in [0.717, 1.165) is 19.3 Å². The molecular formula is C12H20N2O3S. The molecule has 18 heavy (non-hydrogen) atoms. The second-order valence-electron chi connectivity index (χ2n) is 4.98. The Morgan fingerprint density at radius 1 is 1.39 bits per heavy atom. The molecule has 0 bridgehead atoms. The summed E-state index contributed by atoms with van der Waals surface area (Å²) in [6.45, 7) is 3.72. The molecule has 0 aliphatic carbocycles. The maximum absolute atomic E-state index is 12.6. The maximum Gasteiger partial charge on any atom is 0.245 e. The van der Waals surface area contributed by atoms with Gasteiger partial charge in [-0.3, -0.25) is 0 Å². The van der Waals surface area contributed by atoms with E-state index in [-0.39, 0.29) is 23.6 Å². The Labute approximate surface area is 108 Å². The second-order valence-corrected chi connectivity index (χ2v) is 6.83. The molecule has 1 fully saturated rings. The van der Waals surface area contributed by atoms with Gasteiger partial charge in [-0.1, -0.05) is 6.42 Å². The topological polar surface area (TPSA) is 73.4 Å². The van der Waals surface area contributed by atoms with E-state index in [1.165, 1.54) is 12.3 Å². The average Bonchev–Trinajstić information content (AvgIpc) is 2.77. The number of aromatic amines is 1. The molecule has 0 saturated carbocycles. The Morgan fingerprint density at radius 3 is 2.50 bits per heavy atom. The lowest BCUT2D eigenvalue weighted by molar-refractivity contribution is 0.204. The van der Waals surface area contributed by atoms with Crippen LogP contribution in [0.25, 0.3) is 0 Å². The highest BCUT2D eigenvalue weighted by Crippen LogP contribution is 2.29. The first-order valence-electron chi connectivity index (χ1n) is 6.28. The zero-order valence-corrected chi connectivity index (χ0v) is 11.6. The fourth-order valence-corrected chi connectivity index (χ4v) is 4.55. The van der Waals surface area contributed by atoms with E-state index >= 15 is 0 Å². The largest absolute Gasteiger partial charge is 0.390 e. The van der Waals surface area contributed by atoms with Crippen molar-refractivity contribution >= 4 is 10.0 Å². The highest BCUT2D eigenvalue weighted by atomic mass is 32.2. The fourth-order valence-electron chi connectivity index (χ4n) is 2.65. The number of aliphatic hydroxyl groups excluding tert-OH is 1. The van der Waals surface area contributed by atoms with Gasteiger partial charge in [-0.2, -0.15) is 4.31 Å². The molecule has 1 aliphatic rings. The van der Waals surface area contributed by atoms with E-state index in [1.807, 2.05) is 13.8 Å². The Hall–Kier alpha value is -0.850. The summed E-state index contributed by atoms with van der Waals surface area (Å²) in [5, 5.41) is 8.99. The number of nitrogens with one attached hydrogen (secondary N) is 1. The van der Waals surface area contributed by atoms with Gasteiger partial charge in [0.15, 0.2) is 0 Å². The van der Waals surface area contributed by atoms with Crippen molar-refractivity contribution in [3.05, 3.63) is 18.0 Å². The van der Waals surface area contributed by atoms with Crippen molar-refractivity contribution in [1.82, 2.24) is 9.29 Å². The van der Waals surface area contributed by atoms with Crippen LogP contribution in [0.15, 0.2) is 17.2 Å². The Bertz CT molecular complexity index is 499. The average molecular weight is 272 g/mol. The van der Waals surface area contributed by atoms with Gasteiger partial charge in [-0.15, -0.1) is 0 Å². The molecule has 0 unspecified atom stereocenters. The molecule has 102 valence electrons. The number of aromatic nitrogens is 1. The van der Waals surface area contributed by atoms with Crippen LogP contribution in [-0.4, -0.2) is 34.9 Å². The van der Waals surface area contributed by atoms with E-state index in [4.69, 9.17) is 5.11 Å². The quantitative estimate of drug-likeness (QED) is 0.875. The third kappa shape index (κ3) is 2.32. The third-order valence-corrected chi connectivity index (χ3v) is 5.68. The highest BCUT2D eigenvalue weighted by molar-refractivity contribution is 7.89. The normalized spacial score (nSPS) is 26.4. The molecule has 0 amide bonds. The number of H-pyrrole nitrogens is 1. The van der Waals surface area contributed by atoms with E-state index < -0.39 is 10.0 Å². The molecular weight excluding hydrogens is 252 g/mol. The standard InChI is InChI=1S/C12H20N2O3S/c1-9-4-3-5-10(2)14(9)18(16,17)12-6-11(8-15)13-7-12/h6-7,9-10,13,15H,3-5,8H2,1-2H3/t9-,10+. The SMILES string of the molecule is C[C@@H]1CCC[C@H](C)N1S(=O)(=O)c1c[nH]c(CO)c1. The molecule has 2 heterocycles. The van der Waals surface area contributed by atoms with E-state index in [2.05, 4.69) is 4.98 Å². The van der Waals surface area contributed by atoms with Gasteiger partial charge in [0.25, 0.3) is 0 Å². The van der Waals surface area contributed by atoms with Crippen molar-refractivity contribution in [3.8, 4) is 0 Å². The van der Waals surface area contributed by atoms with Gasteiger partial charge in [0.1, 0.15) is 0 Å². The van der Waals surface area contributed by atoms with Crippen LogP contribution in [0.2, 0.25) is 0 Å². The van der Waals surface area contributed by atoms with Crippen LogP contribution in [0.4, 0.5) is 0 Å². The molecule has 2 atom stereocenters. The summed E-state index contributed by atoms with van der Waals surface area (Å²) in [6.07, 6.45) is 4.33. The van der Waals surface area contributed by atoms with E-state index in [1.54, 1.807) is 4.31 Å². The molecule has 1 saturated heterocycles. The summed E-state index contributed by atoms with van der Waals surface area (Å²) in [5.41, 5.74) is 0.519. The summed E-state index contributed by atoms with van der Waals surface area (Å²) >= 11 is 0. The molecule has 0 aromatic carbocycles. The number of nitrogens with zero attached hydrogens (tertiary/aromatic N) is 1. The lowest BCUT2D eigenvalue weighted by Crippen LogP contribution is -2.47. The first-order valence-corrected chi connectivity index (χ1v) is 7.72. The number of piperidine rings is 1. The molecule has 1 aromatic rings. The molecule has 2 rings (SSSR count). The van der Waals surface area contributed by atoms with Gasteiger partial charge in [0.2, 0.25) is 10.0 Å². The molecule has 1 aliphatic heterocycles. The lowest BCUT2D eigenvalue weighted by atomic mass is 10.0. The van der Waals surface area contributed by atoms with Gasteiger partial charge < -0.3 is 10.1 Å². The predicted molar refractivity (Wildman–Crippen MR) is 68.5 cm³/mol. The van der Waals surface area contributed by atoms with E-state index in [9.17, 15) is 8.42 Å². The second kappa shape index (κ2) is 5.03. The van der Waals surface area contributed by atoms with Gasteiger partial charge in [0, 0.05) is 24.0 Å². The van der Waals surface area contributed by atoms with Crippen LogP contribution in [0.1, 0.15) is 38.8 Å². The van der Waals surface area contributed by atoms with Crippen molar-refractivity contribution in [3.63, 3.8) is 0 Å². The van der Waals surface area contributed by atoms with Gasteiger partial charge >= 0.3 is 0 Å². The Morgan fingerprint density at radius 2 is 2.00 bits per heavy atom. The molecule has 0 spiro atoms. The molecule has 0 radical (unpaired) electrons. The van der Waals surface area contributed by atoms with Crippen LogP contribution in [-0.2, 0) is 16.6 Å². The number of sulfonamides is 1. The predicted octanol–water partition coefficient (Wildman–Crippen LogP) is 1.46. The molecule has 5 nitrogen and oxygen atoms in total. The smallest absolute Gasteiger partial charge is 0.245 e. The first kappa shape index (κ1) is 13.6. The van der Waals surface area contributed by atoms with Crippen LogP contribution in [0.3, 0.4) is 0 Å². The minimum Gasteiger partial charge on any atom is -0.390 e. The summed E-state index contributed by atoms with van der Waals surface area (Å²) in [5.74, 6) is 0. The minimum atomic E-state index is -3.46. The Balaban J connectivity index is 2.34. The first-order chi connectivity index (χ1) is 8.46. The summed E-state index contributed by atoms with van der Waals surface area (Å²) in [7, 11) is -3.46. The lowest BCUT2D eigenvalue weighted by Gasteiger charge is -2.37.